The molecule has 0 radical (unpaired) electrons. The van der Waals surface area contributed by atoms with E-state index < -0.39 is 11.2 Å². The van der Waals surface area contributed by atoms with Gasteiger partial charge in [0.05, 0.1) is 17.9 Å². The second kappa shape index (κ2) is 12.7. The van der Waals surface area contributed by atoms with E-state index in [0.717, 1.165) is 0 Å². The van der Waals surface area contributed by atoms with Crippen molar-refractivity contribution in [1.29, 1.82) is 0 Å². The molecule has 1 aliphatic rings. The number of benzene rings is 2. The van der Waals surface area contributed by atoms with Crippen LogP contribution in [-0.2, 0) is 14.3 Å². The lowest BCUT2D eigenvalue weighted by Crippen LogP contribution is -2.42. The van der Waals surface area contributed by atoms with Crippen molar-refractivity contribution < 1.29 is 23.5 Å². The van der Waals surface area contributed by atoms with Crippen molar-refractivity contribution in [1.82, 2.24) is 4.90 Å². The van der Waals surface area contributed by atoms with Gasteiger partial charge in [-0.3, -0.25) is 14.6 Å². The van der Waals surface area contributed by atoms with Crippen LogP contribution in [0.2, 0.25) is 0 Å². The van der Waals surface area contributed by atoms with E-state index in [1.165, 1.54) is 6.07 Å². The third kappa shape index (κ3) is 6.98. The van der Waals surface area contributed by atoms with Crippen molar-refractivity contribution in [2.75, 3.05) is 44.5 Å². The number of rotatable bonds is 13. The Bertz CT molecular complexity index is 1190. The van der Waals surface area contributed by atoms with E-state index in [-0.39, 0.29) is 24.0 Å². The highest BCUT2D eigenvalue weighted by Gasteiger charge is 2.57. The number of hydrogen-bond acceptors (Lipinski definition) is 6. The van der Waals surface area contributed by atoms with Crippen LogP contribution < -0.4 is 15.4 Å². The maximum absolute atomic E-state index is 15.0. The molecule has 0 aliphatic heterocycles. The minimum atomic E-state index is -0.984. The molecule has 0 aromatic heterocycles. The molecule has 204 valence electrons. The number of amides is 2. The summed E-state index contributed by atoms with van der Waals surface area (Å²) in [6, 6.07) is 9.87. The number of methoxy groups -OCH3 is 1. The zero-order valence-electron chi connectivity index (χ0n) is 22.8. The number of aliphatic imine (C=N–C) groups is 1. The van der Waals surface area contributed by atoms with Crippen molar-refractivity contribution in [3.63, 3.8) is 0 Å². The minimum Gasteiger partial charge on any atom is -0.491 e. The highest BCUT2D eigenvalue weighted by atomic mass is 19.1. The maximum atomic E-state index is 15.0. The highest BCUT2D eigenvalue weighted by molar-refractivity contribution is 6.13. The second-order valence-corrected chi connectivity index (χ2v) is 9.82. The second-order valence-electron chi connectivity index (χ2n) is 9.82. The van der Waals surface area contributed by atoms with E-state index in [2.05, 4.69) is 22.2 Å². The summed E-state index contributed by atoms with van der Waals surface area (Å²) < 4.78 is 25.6. The fourth-order valence-electron chi connectivity index (χ4n) is 4.22. The van der Waals surface area contributed by atoms with Crippen LogP contribution in [0.1, 0.15) is 39.2 Å². The average Bonchev–Trinajstić information content (AvgIpc) is 3.67. The molecule has 8 nitrogen and oxygen atoms in total. The summed E-state index contributed by atoms with van der Waals surface area (Å²) in [5.41, 5.74) is 1.15. The van der Waals surface area contributed by atoms with Gasteiger partial charge in [-0.1, -0.05) is 20.4 Å². The molecule has 2 N–H and O–H groups in total. The van der Waals surface area contributed by atoms with Gasteiger partial charge >= 0.3 is 0 Å². The summed E-state index contributed by atoms with van der Waals surface area (Å²) >= 11 is 0. The summed E-state index contributed by atoms with van der Waals surface area (Å²) in [5.74, 6) is -0.285. The maximum Gasteiger partial charge on any atom is 0.240 e. The molecule has 2 aromatic rings. The Morgan fingerprint density at radius 3 is 2.34 bits per heavy atom. The number of nitrogens with one attached hydrogen (secondary N) is 2. The van der Waals surface area contributed by atoms with Gasteiger partial charge in [0.25, 0.3) is 0 Å². The standard InChI is InChI=1S/C29H37FN4O4/c1-7-31-25-17-23(38-15-14-37-6)16-24(30)26(25)20(4)32-21-8-10-22(11-9-21)33-27(35)29(12-13-29)28(36)34(5)18-19(2)3/h7-11,16-17,19,32H,4,12-15,18H2,1-3,5-6H3,(H,33,35). The average molecular weight is 525 g/mol. The first-order valence-electron chi connectivity index (χ1n) is 12.7. The van der Waals surface area contributed by atoms with Crippen molar-refractivity contribution in [3.8, 4) is 5.75 Å². The first-order chi connectivity index (χ1) is 18.1. The molecule has 0 saturated heterocycles. The molecule has 0 bridgehead atoms. The zero-order chi connectivity index (χ0) is 27.9. The van der Waals surface area contributed by atoms with Crippen molar-refractivity contribution in [2.24, 2.45) is 16.3 Å². The quantitative estimate of drug-likeness (QED) is 0.205. The topological polar surface area (TPSA) is 92.3 Å². The minimum absolute atomic E-state index is 0.138. The van der Waals surface area contributed by atoms with E-state index >= 15 is 4.39 Å². The van der Waals surface area contributed by atoms with E-state index in [1.807, 2.05) is 13.8 Å². The number of anilines is 2. The van der Waals surface area contributed by atoms with Gasteiger partial charge in [0.2, 0.25) is 11.8 Å². The first kappa shape index (κ1) is 28.8. The fourth-order valence-corrected chi connectivity index (χ4v) is 4.22. The number of halogens is 1. The number of carbonyl (C=O) groups excluding carboxylic acids is 2. The lowest BCUT2D eigenvalue weighted by Gasteiger charge is -2.24. The van der Waals surface area contributed by atoms with Gasteiger partial charge < -0.3 is 25.0 Å². The molecule has 2 aromatic carbocycles. The van der Waals surface area contributed by atoms with Gasteiger partial charge in [0.15, 0.2) is 0 Å². The third-order valence-electron chi connectivity index (χ3n) is 6.19. The van der Waals surface area contributed by atoms with Gasteiger partial charge in [-0.2, -0.15) is 0 Å². The van der Waals surface area contributed by atoms with Crippen LogP contribution in [-0.4, -0.2) is 56.8 Å². The molecule has 0 unspecified atom stereocenters. The molecule has 0 spiro atoms. The lowest BCUT2D eigenvalue weighted by atomic mass is 10.0. The molecule has 0 heterocycles. The van der Waals surface area contributed by atoms with Gasteiger partial charge in [-0.25, -0.2) is 4.39 Å². The number of carbonyl (C=O) groups is 2. The van der Waals surface area contributed by atoms with E-state index in [9.17, 15) is 9.59 Å². The van der Waals surface area contributed by atoms with E-state index in [4.69, 9.17) is 9.47 Å². The molecule has 38 heavy (non-hydrogen) atoms. The largest absolute Gasteiger partial charge is 0.491 e. The Morgan fingerprint density at radius 2 is 1.79 bits per heavy atom. The molecule has 0 atom stereocenters. The predicted octanol–water partition coefficient (Wildman–Crippen LogP) is 5.49. The normalized spacial score (nSPS) is 13.9. The lowest BCUT2D eigenvalue weighted by molar-refractivity contribution is -0.141. The number of ether oxygens (including phenoxy) is 2. The summed E-state index contributed by atoms with van der Waals surface area (Å²) in [4.78, 5) is 31.8. The summed E-state index contributed by atoms with van der Waals surface area (Å²) in [5, 5.41) is 5.97. The van der Waals surface area contributed by atoms with Crippen LogP contribution in [0.25, 0.3) is 5.70 Å². The Hall–Kier alpha value is -3.72. The van der Waals surface area contributed by atoms with Crippen LogP contribution in [0.15, 0.2) is 48.0 Å². The van der Waals surface area contributed by atoms with Gasteiger partial charge in [0, 0.05) is 56.1 Å². The number of hydrogen-bond donors (Lipinski definition) is 2. The Morgan fingerprint density at radius 1 is 1.16 bits per heavy atom. The molecule has 2 amide bonds. The van der Waals surface area contributed by atoms with Crippen LogP contribution >= 0.6 is 0 Å². The molecule has 1 aliphatic carbocycles. The Labute approximate surface area is 223 Å². The summed E-state index contributed by atoms with van der Waals surface area (Å²) in [7, 11) is 3.30. The summed E-state index contributed by atoms with van der Waals surface area (Å²) in [6.45, 7) is 11.1. The molecule has 9 heteroatoms. The van der Waals surface area contributed by atoms with Crippen LogP contribution in [0.3, 0.4) is 0 Å². The molecule has 3 rings (SSSR count). The molecule has 1 fully saturated rings. The molecular weight excluding hydrogens is 487 g/mol. The van der Waals surface area contributed by atoms with Crippen molar-refractivity contribution in [3.05, 3.63) is 54.4 Å². The van der Waals surface area contributed by atoms with E-state index in [1.54, 1.807) is 62.5 Å². The van der Waals surface area contributed by atoms with E-state index in [0.29, 0.717) is 60.4 Å². The SMILES string of the molecule is C=C(Nc1ccc(NC(=O)C2(C(=O)N(C)CC(C)C)CC2)cc1)c1c(F)cc(OCCOC)cc1N=CC. The van der Waals surface area contributed by atoms with Gasteiger partial charge in [-0.05, 0) is 49.9 Å². The molecular formula is C29H37FN4O4. The Balaban J connectivity index is 1.68. The van der Waals surface area contributed by atoms with Crippen LogP contribution in [0, 0.1) is 17.2 Å². The predicted molar refractivity (Wildman–Crippen MR) is 149 cm³/mol. The third-order valence-corrected chi connectivity index (χ3v) is 6.19. The van der Waals surface area contributed by atoms with Crippen LogP contribution in [0.4, 0.5) is 21.5 Å². The highest BCUT2D eigenvalue weighted by Crippen LogP contribution is 2.48. The molecule has 1 saturated carbocycles. The monoisotopic (exact) mass is 524 g/mol. The van der Waals surface area contributed by atoms with Crippen molar-refractivity contribution in [2.45, 2.75) is 33.6 Å². The first-order valence-corrected chi connectivity index (χ1v) is 12.7. The van der Waals surface area contributed by atoms with Gasteiger partial charge in [0.1, 0.15) is 23.6 Å². The smallest absolute Gasteiger partial charge is 0.240 e. The van der Waals surface area contributed by atoms with Crippen LogP contribution in [0.5, 0.6) is 5.75 Å². The number of nitrogens with zero attached hydrogens (tertiary/aromatic N) is 2. The van der Waals surface area contributed by atoms with Crippen molar-refractivity contribution >= 4 is 40.8 Å². The Kier molecular flexibility index (Phi) is 9.63. The zero-order valence-corrected chi connectivity index (χ0v) is 22.8. The summed E-state index contributed by atoms with van der Waals surface area (Å²) in [6.07, 6.45) is 2.66. The fraction of sp³-hybridized carbons (Fsp3) is 0.414. The van der Waals surface area contributed by atoms with Gasteiger partial charge in [-0.15, -0.1) is 0 Å².